The zero-order valence-electron chi connectivity index (χ0n) is 6.16. The van der Waals surface area contributed by atoms with Crippen molar-refractivity contribution in [2.45, 2.75) is 20.4 Å². The molecule has 0 aromatic carbocycles. The first-order valence-corrected chi connectivity index (χ1v) is 3.18. The van der Waals surface area contributed by atoms with E-state index >= 15 is 0 Å². The molecule has 0 spiro atoms. The van der Waals surface area contributed by atoms with Crippen LogP contribution in [-0.4, -0.2) is 15.8 Å². The molecule has 0 atom stereocenters. The van der Waals surface area contributed by atoms with Crippen LogP contribution in [0.5, 0.6) is 0 Å². The van der Waals surface area contributed by atoms with Crippen LogP contribution < -0.4 is 0 Å². The molecule has 10 heavy (non-hydrogen) atoms. The molecular formula is C7H10N2O. The molecule has 0 unspecified atom stereocenters. The van der Waals surface area contributed by atoms with Gasteiger partial charge in [-0.2, -0.15) is 0 Å². The molecule has 1 aromatic heterocycles. The maximum atomic E-state index is 10.1. The molecule has 0 saturated carbocycles. The second-order valence-corrected chi connectivity index (χ2v) is 2.25. The summed E-state index contributed by atoms with van der Waals surface area (Å²) in [6, 6.07) is 0. The van der Waals surface area contributed by atoms with Crippen molar-refractivity contribution in [2.24, 2.45) is 0 Å². The summed E-state index contributed by atoms with van der Waals surface area (Å²) in [6.07, 6.45) is 2.73. The van der Waals surface area contributed by atoms with Gasteiger partial charge in [-0.1, -0.05) is 0 Å². The Morgan fingerprint density at radius 2 is 2.40 bits per heavy atom. The average Bonchev–Trinajstić information content (AvgIpc) is 2.13. The molecule has 0 fully saturated rings. The topological polar surface area (TPSA) is 34.9 Å². The summed E-state index contributed by atoms with van der Waals surface area (Å²) in [5.41, 5.74) is 0.958. The molecular weight excluding hydrogens is 128 g/mol. The number of nitrogens with zero attached hydrogens (tertiary/aromatic N) is 2. The second kappa shape index (κ2) is 2.64. The fourth-order valence-corrected chi connectivity index (χ4v) is 0.932. The van der Waals surface area contributed by atoms with E-state index < -0.39 is 0 Å². The van der Waals surface area contributed by atoms with Crippen molar-refractivity contribution in [1.29, 1.82) is 0 Å². The lowest BCUT2D eigenvalue weighted by molar-refractivity contribution is -0.108. The highest BCUT2D eigenvalue weighted by molar-refractivity contribution is 5.49. The molecule has 0 saturated heterocycles. The van der Waals surface area contributed by atoms with Gasteiger partial charge in [0, 0.05) is 6.20 Å². The third kappa shape index (κ3) is 1.23. The first-order valence-electron chi connectivity index (χ1n) is 3.18. The monoisotopic (exact) mass is 138 g/mol. The van der Waals surface area contributed by atoms with E-state index in [2.05, 4.69) is 4.98 Å². The SMILES string of the molecule is Cc1cn(CC=O)c(C)n1. The van der Waals surface area contributed by atoms with Crippen molar-refractivity contribution in [2.75, 3.05) is 0 Å². The predicted molar refractivity (Wildman–Crippen MR) is 37.8 cm³/mol. The molecule has 3 heteroatoms. The van der Waals surface area contributed by atoms with Crippen molar-refractivity contribution in [1.82, 2.24) is 9.55 Å². The minimum Gasteiger partial charge on any atom is -0.328 e. The minimum atomic E-state index is 0.409. The summed E-state index contributed by atoms with van der Waals surface area (Å²) in [6.45, 7) is 4.21. The van der Waals surface area contributed by atoms with Crippen molar-refractivity contribution < 1.29 is 4.79 Å². The first kappa shape index (κ1) is 6.99. The minimum absolute atomic E-state index is 0.409. The fourth-order valence-electron chi connectivity index (χ4n) is 0.932. The standard InChI is InChI=1S/C7H10N2O/c1-6-5-9(3-4-10)7(2)8-6/h4-5H,3H2,1-2H3. The van der Waals surface area contributed by atoms with Crippen molar-refractivity contribution in [3.63, 3.8) is 0 Å². The van der Waals surface area contributed by atoms with Crippen LogP contribution in [0.3, 0.4) is 0 Å². The summed E-state index contributed by atoms with van der Waals surface area (Å²) in [5, 5.41) is 0. The number of rotatable bonds is 2. The van der Waals surface area contributed by atoms with Crippen LogP contribution in [0.1, 0.15) is 11.5 Å². The van der Waals surface area contributed by atoms with Crippen molar-refractivity contribution in [3.05, 3.63) is 17.7 Å². The molecule has 1 heterocycles. The number of aromatic nitrogens is 2. The number of aryl methyl sites for hydroxylation is 2. The number of carbonyl (C=O) groups excluding carboxylic acids is 1. The van der Waals surface area contributed by atoms with Gasteiger partial charge in [0.1, 0.15) is 12.1 Å². The van der Waals surface area contributed by atoms with E-state index in [0.29, 0.717) is 6.54 Å². The van der Waals surface area contributed by atoms with Crippen LogP contribution in [0, 0.1) is 13.8 Å². The van der Waals surface area contributed by atoms with Crippen LogP contribution in [0.2, 0.25) is 0 Å². The summed E-state index contributed by atoms with van der Waals surface area (Å²) in [7, 11) is 0. The molecule has 54 valence electrons. The van der Waals surface area contributed by atoms with E-state index in [1.807, 2.05) is 24.6 Å². The lowest BCUT2D eigenvalue weighted by Crippen LogP contribution is -1.98. The van der Waals surface area contributed by atoms with E-state index in [4.69, 9.17) is 0 Å². The third-order valence-electron chi connectivity index (χ3n) is 1.37. The van der Waals surface area contributed by atoms with Gasteiger partial charge in [0.25, 0.3) is 0 Å². The van der Waals surface area contributed by atoms with Gasteiger partial charge in [-0.25, -0.2) is 4.98 Å². The summed E-state index contributed by atoms with van der Waals surface area (Å²) in [4.78, 5) is 14.2. The molecule has 1 aromatic rings. The lowest BCUT2D eigenvalue weighted by atomic mass is 10.5. The van der Waals surface area contributed by atoms with E-state index in [-0.39, 0.29) is 0 Å². The number of aldehydes is 1. The van der Waals surface area contributed by atoms with Crippen molar-refractivity contribution >= 4 is 6.29 Å². The highest BCUT2D eigenvalue weighted by Crippen LogP contribution is 1.98. The largest absolute Gasteiger partial charge is 0.328 e. The average molecular weight is 138 g/mol. The van der Waals surface area contributed by atoms with Crippen LogP contribution in [0.15, 0.2) is 6.20 Å². The Morgan fingerprint density at radius 1 is 1.70 bits per heavy atom. The molecule has 0 N–H and O–H groups in total. The summed E-state index contributed by atoms with van der Waals surface area (Å²) < 4.78 is 1.82. The van der Waals surface area contributed by atoms with Crippen LogP contribution >= 0.6 is 0 Å². The van der Waals surface area contributed by atoms with Crippen LogP contribution in [-0.2, 0) is 11.3 Å². The van der Waals surface area contributed by atoms with Gasteiger partial charge >= 0.3 is 0 Å². The number of hydrogen-bond donors (Lipinski definition) is 0. The Labute approximate surface area is 59.7 Å². The normalized spacial score (nSPS) is 9.80. The molecule has 1 rings (SSSR count). The van der Waals surface area contributed by atoms with E-state index in [0.717, 1.165) is 17.8 Å². The van der Waals surface area contributed by atoms with Crippen molar-refractivity contribution in [3.8, 4) is 0 Å². The van der Waals surface area contributed by atoms with Gasteiger partial charge < -0.3 is 9.36 Å². The Balaban J connectivity index is 2.91. The summed E-state index contributed by atoms with van der Waals surface area (Å²) >= 11 is 0. The fraction of sp³-hybridized carbons (Fsp3) is 0.429. The molecule has 3 nitrogen and oxygen atoms in total. The van der Waals surface area contributed by atoms with Gasteiger partial charge in [-0.05, 0) is 13.8 Å². The van der Waals surface area contributed by atoms with Gasteiger partial charge in [0.15, 0.2) is 0 Å². The first-order chi connectivity index (χ1) is 4.74. The number of imidazole rings is 1. The van der Waals surface area contributed by atoms with E-state index in [1.165, 1.54) is 0 Å². The highest BCUT2D eigenvalue weighted by Gasteiger charge is 1.97. The molecule has 0 aliphatic rings. The molecule has 0 bridgehead atoms. The molecule has 0 aliphatic carbocycles. The summed E-state index contributed by atoms with van der Waals surface area (Å²) in [5.74, 6) is 0.893. The lowest BCUT2D eigenvalue weighted by Gasteiger charge is -1.94. The predicted octanol–water partition coefficient (Wildman–Crippen LogP) is 0.699. The maximum absolute atomic E-state index is 10.1. The third-order valence-corrected chi connectivity index (χ3v) is 1.37. The smallest absolute Gasteiger partial charge is 0.139 e. The Hall–Kier alpha value is -1.12. The quantitative estimate of drug-likeness (QED) is 0.564. The number of carbonyl (C=O) groups is 1. The van der Waals surface area contributed by atoms with Gasteiger partial charge in [0.2, 0.25) is 0 Å². The molecule has 0 amide bonds. The zero-order valence-corrected chi connectivity index (χ0v) is 6.16. The molecule has 0 aliphatic heterocycles. The molecule has 0 radical (unpaired) electrons. The Morgan fingerprint density at radius 3 is 2.80 bits per heavy atom. The van der Waals surface area contributed by atoms with E-state index in [9.17, 15) is 4.79 Å². The Bertz CT molecular complexity index is 240. The second-order valence-electron chi connectivity index (χ2n) is 2.25. The van der Waals surface area contributed by atoms with Gasteiger partial charge in [-0.3, -0.25) is 0 Å². The van der Waals surface area contributed by atoms with Gasteiger partial charge in [0.05, 0.1) is 12.2 Å². The van der Waals surface area contributed by atoms with Crippen LogP contribution in [0.4, 0.5) is 0 Å². The Kier molecular flexibility index (Phi) is 1.85. The number of hydrogen-bond acceptors (Lipinski definition) is 2. The highest BCUT2D eigenvalue weighted by atomic mass is 16.1. The van der Waals surface area contributed by atoms with E-state index in [1.54, 1.807) is 0 Å². The maximum Gasteiger partial charge on any atom is 0.139 e. The zero-order chi connectivity index (χ0) is 7.56. The van der Waals surface area contributed by atoms with Crippen LogP contribution in [0.25, 0.3) is 0 Å². The van der Waals surface area contributed by atoms with Gasteiger partial charge in [-0.15, -0.1) is 0 Å².